The van der Waals surface area contributed by atoms with E-state index < -0.39 is 0 Å². The number of hydrogen-bond donors (Lipinski definition) is 0. The minimum atomic E-state index is 1.19. The van der Waals surface area contributed by atoms with E-state index in [9.17, 15) is 0 Å². The zero-order chi connectivity index (χ0) is 13.1. The quantitative estimate of drug-likeness (QED) is 0.540. The van der Waals surface area contributed by atoms with E-state index in [1.54, 1.807) is 11.1 Å². The van der Waals surface area contributed by atoms with Crippen molar-refractivity contribution in [3.05, 3.63) is 58.0 Å². The molecule has 0 nitrogen and oxygen atoms in total. The molecule has 3 aromatic carbocycles. The van der Waals surface area contributed by atoms with Crippen molar-refractivity contribution in [2.24, 2.45) is 0 Å². The van der Waals surface area contributed by atoms with Crippen molar-refractivity contribution < 1.29 is 0 Å². The summed E-state index contributed by atoms with van der Waals surface area (Å²) in [4.78, 5) is 0. The topological polar surface area (TPSA) is 0 Å². The highest BCUT2D eigenvalue weighted by Gasteiger charge is 2.18. The Morgan fingerprint density at radius 3 is 1.60 bits per heavy atom. The molecule has 0 radical (unpaired) electrons. The molecular formula is C20H16. The summed E-state index contributed by atoms with van der Waals surface area (Å²) in [6.45, 7) is 0. The van der Waals surface area contributed by atoms with Crippen LogP contribution in [0, 0.1) is 0 Å². The highest BCUT2D eigenvalue weighted by Crippen LogP contribution is 2.33. The van der Waals surface area contributed by atoms with Gasteiger partial charge in [0.15, 0.2) is 0 Å². The van der Waals surface area contributed by atoms with E-state index in [2.05, 4.69) is 48.6 Å². The highest BCUT2D eigenvalue weighted by atomic mass is 14.2. The van der Waals surface area contributed by atoms with Crippen molar-refractivity contribution in [3.63, 3.8) is 0 Å². The molecule has 2 aliphatic rings. The monoisotopic (exact) mass is 256 g/mol. The van der Waals surface area contributed by atoms with Gasteiger partial charge in [0.2, 0.25) is 0 Å². The molecule has 0 heterocycles. The third kappa shape index (κ3) is 1.22. The van der Waals surface area contributed by atoms with E-state index in [1.165, 1.54) is 57.7 Å². The van der Waals surface area contributed by atoms with Gasteiger partial charge in [0, 0.05) is 0 Å². The maximum Gasteiger partial charge on any atom is -0.00732 e. The molecule has 3 aromatic rings. The molecule has 96 valence electrons. The van der Waals surface area contributed by atoms with Crippen LogP contribution in [0.3, 0.4) is 0 Å². The van der Waals surface area contributed by atoms with Gasteiger partial charge in [-0.3, -0.25) is 0 Å². The fourth-order valence-corrected chi connectivity index (χ4v) is 4.20. The Kier molecular flexibility index (Phi) is 1.99. The van der Waals surface area contributed by atoms with Crippen molar-refractivity contribution >= 4 is 33.7 Å². The van der Waals surface area contributed by atoms with Crippen LogP contribution < -0.4 is 10.4 Å². The normalized spacial score (nSPS) is 16.0. The third-order valence-corrected chi connectivity index (χ3v) is 4.97. The molecule has 0 bridgehead atoms. The number of benzene rings is 3. The lowest BCUT2D eigenvalue weighted by Crippen LogP contribution is -2.17. The molecule has 0 heteroatoms. The molecule has 0 fully saturated rings. The summed E-state index contributed by atoms with van der Waals surface area (Å²) in [6.07, 6.45) is 9.63. The molecule has 0 saturated heterocycles. The lowest BCUT2D eigenvalue weighted by Gasteiger charge is -2.22. The standard InChI is InChI=1S/C20H16/c1-5-13-6-2-11-17-18-12-4-8-14-7-3-10-16(20(14)18)15(9-1)19(13)17/h1,3,5-10H,2,4,11-12H2. The molecule has 0 N–H and O–H groups in total. The second kappa shape index (κ2) is 3.73. The van der Waals surface area contributed by atoms with Crippen molar-refractivity contribution in [3.8, 4) is 0 Å². The number of fused-ring (bicyclic) bond motifs is 2. The predicted molar refractivity (Wildman–Crippen MR) is 86.3 cm³/mol. The van der Waals surface area contributed by atoms with Crippen LogP contribution in [0.25, 0.3) is 33.7 Å². The maximum atomic E-state index is 2.41. The largest absolute Gasteiger partial charge is 0.0763 e. The van der Waals surface area contributed by atoms with Crippen molar-refractivity contribution in [1.82, 2.24) is 0 Å². The molecule has 2 aliphatic carbocycles. The molecule has 0 unspecified atom stereocenters. The van der Waals surface area contributed by atoms with Gasteiger partial charge in [-0.1, -0.05) is 48.6 Å². The molecule has 0 spiro atoms. The van der Waals surface area contributed by atoms with E-state index in [-0.39, 0.29) is 0 Å². The van der Waals surface area contributed by atoms with Crippen LogP contribution in [0.2, 0.25) is 0 Å². The van der Waals surface area contributed by atoms with Crippen molar-refractivity contribution in [1.29, 1.82) is 0 Å². The van der Waals surface area contributed by atoms with Gasteiger partial charge < -0.3 is 0 Å². The minimum absolute atomic E-state index is 1.19. The van der Waals surface area contributed by atoms with E-state index in [4.69, 9.17) is 0 Å². The summed E-state index contributed by atoms with van der Waals surface area (Å²) in [6, 6.07) is 13.6. The Morgan fingerprint density at radius 2 is 1.10 bits per heavy atom. The smallest absolute Gasteiger partial charge is 0.00732 e. The maximum absolute atomic E-state index is 2.41. The molecular weight excluding hydrogens is 240 g/mol. The van der Waals surface area contributed by atoms with Crippen LogP contribution in [0.1, 0.15) is 24.0 Å². The number of hydrogen-bond acceptors (Lipinski definition) is 0. The average molecular weight is 256 g/mol. The van der Waals surface area contributed by atoms with Gasteiger partial charge in [0.25, 0.3) is 0 Å². The third-order valence-electron chi connectivity index (χ3n) is 4.97. The number of aryl methyl sites for hydroxylation is 2. The van der Waals surface area contributed by atoms with Crippen molar-refractivity contribution in [2.75, 3.05) is 0 Å². The van der Waals surface area contributed by atoms with Crippen LogP contribution in [0.15, 0.2) is 36.4 Å². The summed E-state index contributed by atoms with van der Waals surface area (Å²) in [5, 5.41) is 8.85. The second-order valence-corrected chi connectivity index (χ2v) is 5.98. The summed E-state index contributed by atoms with van der Waals surface area (Å²) in [5.74, 6) is 0. The van der Waals surface area contributed by atoms with E-state index in [1.807, 2.05) is 0 Å². The van der Waals surface area contributed by atoms with E-state index >= 15 is 0 Å². The first-order valence-corrected chi connectivity index (χ1v) is 7.59. The Morgan fingerprint density at radius 1 is 0.600 bits per heavy atom. The fraction of sp³-hybridized carbons (Fsp3) is 0.200. The molecule has 0 saturated carbocycles. The summed E-state index contributed by atoms with van der Waals surface area (Å²) in [5.41, 5.74) is 3.26. The van der Waals surface area contributed by atoms with Gasteiger partial charge in [-0.25, -0.2) is 0 Å². The summed E-state index contributed by atoms with van der Waals surface area (Å²) in [7, 11) is 0. The number of rotatable bonds is 0. The van der Waals surface area contributed by atoms with Gasteiger partial charge in [0.1, 0.15) is 0 Å². The summed E-state index contributed by atoms with van der Waals surface area (Å²) >= 11 is 0. The average Bonchev–Trinajstić information content (AvgIpc) is 2.52. The van der Waals surface area contributed by atoms with Crippen LogP contribution in [0.4, 0.5) is 0 Å². The molecule has 0 amide bonds. The van der Waals surface area contributed by atoms with Gasteiger partial charge in [-0.2, -0.15) is 0 Å². The van der Waals surface area contributed by atoms with Crippen LogP contribution in [-0.4, -0.2) is 0 Å². The molecule has 5 rings (SSSR count). The predicted octanol–water partition coefficient (Wildman–Crippen LogP) is 3.45. The molecule has 0 aromatic heterocycles. The first-order valence-electron chi connectivity index (χ1n) is 7.59. The fourth-order valence-electron chi connectivity index (χ4n) is 4.20. The van der Waals surface area contributed by atoms with Gasteiger partial charge in [0.05, 0.1) is 0 Å². The zero-order valence-electron chi connectivity index (χ0n) is 11.4. The zero-order valence-corrected chi connectivity index (χ0v) is 11.4. The first-order chi connectivity index (χ1) is 9.93. The Hall–Kier alpha value is -2.08. The van der Waals surface area contributed by atoms with Gasteiger partial charge >= 0.3 is 0 Å². The van der Waals surface area contributed by atoms with E-state index in [0.29, 0.717) is 0 Å². The molecule has 20 heavy (non-hydrogen) atoms. The Labute approximate surface area is 118 Å². The Balaban J connectivity index is 2.22. The van der Waals surface area contributed by atoms with E-state index in [0.717, 1.165) is 0 Å². The lowest BCUT2D eigenvalue weighted by molar-refractivity contribution is 0.959. The summed E-state index contributed by atoms with van der Waals surface area (Å²) < 4.78 is 0. The molecule has 0 aliphatic heterocycles. The SMILES string of the molecule is C1=c2cccc3c2c(c2c4c(cccc43)=CCC2)CC1. The second-order valence-electron chi connectivity index (χ2n) is 5.98. The van der Waals surface area contributed by atoms with Gasteiger partial charge in [-0.05, 0) is 68.8 Å². The molecule has 0 atom stereocenters. The van der Waals surface area contributed by atoms with Gasteiger partial charge in [-0.15, -0.1) is 0 Å². The lowest BCUT2D eigenvalue weighted by atomic mass is 9.82. The van der Waals surface area contributed by atoms with Crippen molar-refractivity contribution in [2.45, 2.75) is 25.7 Å². The van der Waals surface area contributed by atoms with Crippen LogP contribution in [-0.2, 0) is 12.8 Å². The highest BCUT2D eigenvalue weighted by molar-refractivity contribution is 6.11. The van der Waals surface area contributed by atoms with Crippen LogP contribution in [0.5, 0.6) is 0 Å². The Bertz CT molecular complexity index is 907. The van der Waals surface area contributed by atoms with Crippen LogP contribution >= 0.6 is 0 Å². The minimum Gasteiger partial charge on any atom is -0.0763 e. The first kappa shape index (κ1) is 10.7.